The summed E-state index contributed by atoms with van der Waals surface area (Å²) in [5.74, 6) is 1.64. The molecule has 2 heterocycles. The lowest BCUT2D eigenvalue weighted by molar-refractivity contribution is -0.122. The van der Waals surface area contributed by atoms with Gasteiger partial charge in [0.25, 0.3) is 0 Å². The van der Waals surface area contributed by atoms with Crippen molar-refractivity contribution in [1.82, 2.24) is 5.32 Å². The molecule has 18 heavy (non-hydrogen) atoms. The molecule has 2 aliphatic heterocycles. The van der Waals surface area contributed by atoms with E-state index in [1.807, 2.05) is 18.2 Å². The molecule has 96 valence electrons. The molecule has 5 nitrogen and oxygen atoms in total. The standard InChI is InChI=1S/C13H16N2O3/c14-10-6-12(16)15-7-9(10)8-2-1-3-11-13(8)18-5-4-17-11/h1-3,9-10H,4-7,14H2,(H,15,16). The van der Waals surface area contributed by atoms with Crippen molar-refractivity contribution in [2.75, 3.05) is 19.8 Å². The third-order valence-corrected chi connectivity index (χ3v) is 3.45. The van der Waals surface area contributed by atoms with Crippen molar-refractivity contribution in [1.29, 1.82) is 0 Å². The number of piperidine rings is 1. The molecule has 2 aliphatic rings. The van der Waals surface area contributed by atoms with Gasteiger partial charge in [0, 0.05) is 30.5 Å². The van der Waals surface area contributed by atoms with Crippen LogP contribution in [0.15, 0.2) is 18.2 Å². The number of rotatable bonds is 1. The number of hydrogen-bond acceptors (Lipinski definition) is 4. The number of benzene rings is 1. The number of carbonyl (C=O) groups excluding carboxylic acids is 1. The number of carbonyl (C=O) groups is 1. The maximum Gasteiger partial charge on any atom is 0.221 e. The Morgan fingerprint density at radius 2 is 2.11 bits per heavy atom. The number of hydrogen-bond donors (Lipinski definition) is 2. The third-order valence-electron chi connectivity index (χ3n) is 3.45. The molecule has 0 aromatic heterocycles. The van der Waals surface area contributed by atoms with E-state index in [4.69, 9.17) is 15.2 Å². The molecule has 0 radical (unpaired) electrons. The lowest BCUT2D eigenvalue weighted by Gasteiger charge is -2.31. The molecule has 1 saturated heterocycles. The molecule has 0 saturated carbocycles. The van der Waals surface area contributed by atoms with Crippen molar-refractivity contribution in [2.45, 2.75) is 18.4 Å². The average Bonchev–Trinajstić information content (AvgIpc) is 2.38. The van der Waals surface area contributed by atoms with E-state index in [0.29, 0.717) is 26.2 Å². The zero-order valence-electron chi connectivity index (χ0n) is 10.0. The van der Waals surface area contributed by atoms with Gasteiger partial charge in [0.15, 0.2) is 11.5 Å². The van der Waals surface area contributed by atoms with Gasteiger partial charge in [0.1, 0.15) is 13.2 Å². The molecule has 5 heteroatoms. The number of para-hydroxylation sites is 1. The van der Waals surface area contributed by atoms with Crippen LogP contribution in [0.5, 0.6) is 11.5 Å². The van der Waals surface area contributed by atoms with Crippen LogP contribution >= 0.6 is 0 Å². The monoisotopic (exact) mass is 248 g/mol. The largest absolute Gasteiger partial charge is 0.486 e. The van der Waals surface area contributed by atoms with E-state index in [-0.39, 0.29) is 17.9 Å². The molecular weight excluding hydrogens is 232 g/mol. The number of amides is 1. The minimum atomic E-state index is -0.171. The van der Waals surface area contributed by atoms with Crippen LogP contribution in [0.3, 0.4) is 0 Å². The van der Waals surface area contributed by atoms with E-state index in [2.05, 4.69) is 5.32 Å². The van der Waals surface area contributed by atoms with Crippen LogP contribution in [0.1, 0.15) is 17.9 Å². The van der Waals surface area contributed by atoms with Gasteiger partial charge in [0.2, 0.25) is 5.91 Å². The highest BCUT2D eigenvalue weighted by Gasteiger charge is 2.31. The summed E-state index contributed by atoms with van der Waals surface area (Å²) in [4.78, 5) is 11.3. The first-order valence-corrected chi connectivity index (χ1v) is 6.16. The predicted octanol–water partition coefficient (Wildman–Crippen LogP) is 0.389. The Hall–Kier alpha value is -1.75. The summed E-state index contributed by atoms with van der Waals surface area (Å²) in [6.07, 6.45) is 0.356. The molecule has 3 N–H and O–H groups in total. The maximum absolute atomic E-state index is 11.3. The van der Waals surface area contributed by atoms with Crippen molar-refractivity contribution in [3.05, 3.63) is 23.8 Å². The van der Waals surface area contributed by atoms with Crippen LogP contribution in [0, 0.1) is 0 Å². The van der Waals surface area contributed by atoms with Crippen molar-refractivity contribution in [3.8, 4) is 11.5 Å². The number of nitrogens with one attached hydrogen (secondary N) is 1. The second-order valence-electron chi connectivity index (χ2n) is 4.65. The minimum Gasteiger partial charge on any atom is -0.486 e. The van der Waals surface area contributed by atoms with Crippen molar-refractivity contribution < 1.29 is 14.3 Å². The molecule has 2 unspecified atom stereocenters. The number of ether oxygens (including phenoxy) is 2. The van der Waals surface area contributed by atoms with Crippen LogP contribution in [0.2, 0.25) is 0 Å². The van der Waals surface area contributed by atoms with Gasteiger partial charge in [-0.1, -0.05) is 12.1 Å². The Balaban J connectivity index is 1.94. The summed E-state index contributed by atoms with van der Waals surface area (Å²) in [6.45, 7) is 1.68. The van der Waals surface area contributed by atoms with Crippen LogP contribution in [-0.4, -0.2) is 31.7 Å². The molecule has 2 atom stereocenters. The quantitative estimate of drug-likeness (QED) is 0.754. The highest BCUT2D eigenvalue weighted by atomic mass is 16.6. The molecule has 1 amide bonds. The smallest absolute Gasteiger partial charge is 0.221 e. The Labute approximate surface area is 105 Å². The van der Waals surface area contributed by atoms with E-state index in [9.17, 15) is 4.79 Å². The minimum absolute atomic E-state index is 0.0146. The molecular formula is C13H16N2O3. The average molecular weight is 248 g/mol. The summed E-state index contributed by atoms with van der Waals surface area (Å²) in [5.41, 5.74) is 7.10. The van der Waals surface area contributed by atoms with Crippen LogP contribution in [0.4, 0.5) is 0 Å². The highest BCUT2D eigenvalue weighted by Crippen LogP contribution is 2.39. The normalized spacial score (nSPS) is 26.6. The van der Waals surface area contributed by atoms with Gasteiger partial charge in [-0.2, -0.15) is 0 Å². The zero-order chi connectivity index (χ0) is 12.5. The first-order valence-electron chi connectivity index (χ1n) is 6.16. The summed E-state index contributed by atoms with van der Waals surface area (Å²) in [5, 5.41) is 2.85. The molecule has 0 aliphatic carbocycles. The second-order valence-corrected chi connectivity index (χ2v) is 4.65. The fourth-order valence-corrected chi connectivity index (χ4v) is 2.53. The van der Waals surface area contributed by atoms with E-state index >= 15 is 0 Å². The Kier molecular flexibility index (Phi) is 2.83. The SMILES string of the molecule is NC1CC(=O)NCC1c1cccc2c1OCCO2. The summed E-state index contributed by atoms with van der Waals surface area (Å²) >= 11 is 0. The highest BCUT2D eigenvalue weighted by molar-refractivity contribution is 5.78. The van der Waals surface area contributed by atoms with Crippen LogP contribution in [-0.2, 0) is 4.79 Å². The van der Waals surface area contributed by atoms with Gasteiger partial charge >= 0.3 is 0 Å². The lowest BCUT2D eigenvalue weighted by atomic mass is 9.86. The van der Waals surface area contributed by atoms with E-state index in [0.717, 1.165) is 17.1 Å². The Morgan fingerprint density at radius 1 is 1.28 bits per heavy atom. The maximum atomic E-state index is 11.3. The second kappa shape index (κ2) is 4.49. The molecule has 1 aromatic carbocycles. The molecule has 1 aromatic rings. The number of nitrogens with two attached hydrogens (primary N) is 1. The Morgan fingerprint density at radius 3 is 2.94 bits per heavy atom. The predicted molar refractivity (Wildman–Crippen MR) is 65.8 cm³/mol. The Bertz CT molecular complexity index is 475. The molecule has 3 rings (SSSR count). The topological polar surface area (TPSA) is 73.6 Å². The van der Waals surface area contributed by atoms with E-state index in [1.165, 1.54) is 0 Å². The van der Waals surface area contributed by atoms with Crippen LogP contribution in [0.25, 0.3) is 0 Å². The van der Waals surface area contributed by atoms with Crippen molar-refractivity contribution in [3.63, 3.8) is 0 Å². The van der Waals surface area contributed by atoms with Crippen LogP contribution < -0.4 is 20.5 Å². The summed E-state index contributed by atoms with van der Waals surface area (Å²) in [6, 6.07) is 5.66. The van der Waals surface area contributed by atoms with Crippen molar-refractivity contribution >= 4 is 5.91 Å². The molecule has 1 fully saturated rings. The summed E-state index contributed by atoms with van der Waals surface area (Å²) < 4.78 is 11.2. The van der Waals surface area contributed by atoms with Gasteiger partial charge < -0.3 is 20.5 Å². The van der Waals surface area contributed by atoms with E-state index in [1.54, 1.807) is 0 Å². The van der Waals surface area contributed by atoms with Crippen molar-refractivity contribution in [2.24, 2.45) is 5.73 Å². The lowest BCUT2D eigenvalue weighted by Crippen LogP contribution is -2.46. The van der Waals surface area contributed by atoms with Gasteiger partial charge in [-0.3, -0.25) is 4.79 Å². The van der Waals surface area contributed by atoms with Gasteiger partial charge in [-0.15, -0.1) is 0 Å². The third kappa shape index (κ3) is 1.90. The van der Waals surface area contributed by atoms with Gasteiger partial charge in [0.05, 0.1) is 0 Å². The fourth-order valence-electron chi connectivity index (χ4n) is 2.53. The molecule has 0 spiro atoms. The van der Waals surface area contributed by atoms with Gasteiger partial charge in [-0.05, 0) is 6.07 Å². The zero-order valence-corrected chi connectivity index (χ0v) is 10.0. The molecule has 0 bridgehead atoms. The first kappa shape index (κ1) is 11.3. The first-order chi connectivity index (χ1) is 8.75. The fraction of sp³-hybridized carbons (Fsp3) is 0.462. The van der Waals surface area contributed by atoms with Gasteiger partial charge in [-0.25, -0.2) is 0 Å². The summed E-state index contributed by atoms with van der Waals surface area (Å²) in [7, 11) is 0. The van der Waals surface area contributed by atoms with E-state index < -0.39 is 0 Å². The number of fused-ring (bicyclic) bond motifs is 1.